The maximum Gasteiger partial charge on any atom is 0.179 e. The van der Waals surface area contributed by atoms with E-state index in [2.05, 4.69) is 40.7 Å². The van der Waals surface area contributed by atoms with Crippen LogP contribution in [-0.4, -0.2) is 21.5 Å². The minimum absolute atomic E-state index is 0.128. The van der Waals surface area contributed by atoms with Gasteiger partial charge in [0.1, 0.15) is 6.04 Å². The van der Waals surface area contributed by atoms with Gasteiger partial charge >= 0.3 is 0 Å². The monoisotopic (exact) mass is 554 g/mol. The smallest absolute Gasteiger partial charge is 0.179 e. The number of anilines is 2. The lowest BCUT2D eigenvalue weighted by Gasteiger charge is -2.40. The van der Waals surface area contributed by atoms with Gasteiger partial charge in [-0.2, -0.15) is 5.10 Å². The van der Waals surface area contributed by atoms with Crippen molar-refractivity contribution in [3.8, 4) is 5.69 Å². The van der Waals surface area contributed by atoms with Crippen molar-refractivity contribution >= 4 is 69.1 Å². The maximum atomic E-state index is 6.34. The molecule has 0 saturated carbocycles. The second kappa shape index (κ2) is 9.13. The van der Waals surface area contributed by atoms with Gasteiger partial charge in [0.25, 0.3) is 0 Å². The Morgan fingerprint density at radius 1 is 0.868 bits per heavy atom. The van der Waals surface area contributed by atoms with Crippen LogP contribution in [0.2, 0.25) is 10.0 Å². The lowest BCUT2D eigenvalue weighted by molar-refractivity contribution is 0.830. The van der Waals surface area contributed by atoms with E-state index in [-0.39, 0.29) is 6.04 Å². The van der Waals surface area contributed by atoms with Gasteiger partial charge in [0.2, 0.25) is 0 Å². The van der Waals surface area contributed by atoms with Crippen molar-refractivity contribution in [2.75, 3.05) is 10.2 Å². The Balaban J connectivity index is 1.48. The first-order valence-electron chi connectivity index (χ1n) is 12.0. The van der Waals surface area contributed by atoms with Crippen LogP contribution in [0.4, 0.5) is 22.9 Å². The Bertz CT molecular complexity index is 1740. The molecular weight excluding hydrogens is 535 g/mol. The molecule has 7 rings (SSSR count). The topological polar surface area (TPSA) is 57.8 Å². The van der Waals surface area contributed by atoms with E-state index in [4.69, 9.17) is 38.3 Å². The van der Waals surface area contributed by atoms with Crippen LogP contribution < -0.4 is 10.2 Å². The van der Waals surface area contributed by atoms with Crippen molar-refractivity contribution in [2.24, 2.45) is 9.98 Å². The van der Waals surface area contributed by atoms with Gasteiger partial charge in [0, 0.05) is 16.1 Å². The Morgan fingerprint density at radius 2 is 1.68 bits per heavy atom. The van der Waals surface area contributed by atoms with Crippen molar-refractivity contribution in [1.29, 1.82) is 0 Å². The molecule has 9 heteroatoms. The van der Waals surface area contributed by atoms with Gasteiger partial charge in [0.15, 0.2) is 17.5 Å². The molecule has 2 aromatic heterocycles. The minimum atomic E-state index is -0.128. The number of nitrogens with zero attached hydrogens (tertiary/aromatic N) is 5. The molecular formula is C29H20Cl2N6S. The molecule has 5 aromatic rings. The van der Waals surface area contributed by atoms with E-state index in [1.165, 1.54) is 4.88 Å². The van der Waals surface area contributed by atoms with Crippen LogP contribution in [-0.2, 0) is 0 Å². The van der Waals surface area contributed by atoms with Crippen LogP contribution in [0.15, 0.2) is 100 Å². The Kier molecular flexibility index (Phi) is 5.58. The Hall–Kier alpha value is -3.91. The molecule has 0 fully saturated rings. The van der Waals surface area contributed by atoms with Crippen molar-refractivity contribution in [3.05, 3.63) is 116 Å². The number of amidine groups is 2. The van der Waals surface area contributed by atoms with E-state index in [1.54, 1.807) is 23.5 Å². The molecule has 0 spiro atoms. The van der Waals surface area contributed by atoms with E-state index in [9.17, 15) is 0 Å². The quantitative estimate of drug-likeness (QED) is 0.244. The zero-order valence-electron chi connectivity index (χ0n) is 20.1. The molecule has 1 N–H and O–H groups in total. The van der Waals surface area contributed by atoms with Crippen LogP contribution in [0.5, 0.6) is 0 Å². The van der Waals surface area contributed by atoms with Crippen LogP contribution in [0.3, 0.4) is 0 Å². The number of benzene rings is 3. The Morgan fingerprint density at radius 3 is 2.47 bits per heavy atom. The SMILES string of the molecule is Cc1nn(-c2ccccc2)c2c1[C@H](c1cccs1)N1C(=N2)C(Nc2ccc(Cl)c(Cl)c2)=Nc2ccccc21. The van der Waals surface area contributed by atoms with E-state index in [1.807, 2.05) is 59.3 Å². The number of halogens is 2. The van der Waals surface area contributed by atoms with Gasteiger partial charge in [-0.3, -0.25) is 0 Å². The Labute approximate surface area is 233 Å². The number of thiophene rings is 1. The number of aryl methyl sites for hydroxylation is 1. The first-order valence-corrected chi connectivity index (χ1v) is 13.7. The predicted octanol–water partition coefficient (Wildman–Crippen LogP) is 8.34. The summed E-state index contributed by atoms with van der Waals surface area (Å²) in [6, 6.07) is 27.8. The average molecular weight is 555 g/mol. The zero-order chi connectivity index (χ0) is 25.8. The van der Waals surface area contributed by atoms with Crippen molar-refractivity contribution in [1.82, 2.24) is 9.78 Å². The number of aliphatic imine (C=N–C) groups is 2. The number of para-hydroxylation sites is 3. The zero-order valence-corrected chi connectivity index (χ0v) is 22.5. The lowest BCUT2D eigenvalue weighted by Crippen LogP contribution is -2.46. The summed E-state index contributed by atoms with van der Waals surface area (Å²) in [6.07, 6.45) is 0. The van der Waals surface area contributed by atoms with Gasteiger partial charge in [0.05, 0.1) is 32.8 Å². The second-order valence-electron chi connectivity index (χ2n) is 9.00. The molecule has 0 radical (unpaired) electrons. The molecule has 0 amide bonds. The summed E-state index contributed by atoms with van der Waals surface area (Å²) in [5, 5.41) is 11.5. The third-order valence-corrected chi connectivity index (χ3v) is 8.30. The minimum Gasteiger partial charge on any atom is -0.337 e. The van der Waals surface area contributed by atoms with E-state index >= 15 is 0 Å². The van der Waals surface area contributed by atoms with Crippen LogP contribution in [0.25, 0.3) is 5.69 Å². The van der Waals surface area contributed by atoms with Crippen LogP contribution in [0, 0.1) is 6.92 Å². The fourth-order valence-corrected chi connectivity index (χ4v) is 6.10. The molecule has 1 atom stereocenters. The summed E-state index contributed by atoms with van der Waals surface area (Å²) in [7, 11) is 0. The molecule has 3 aromatic carbocycles. The van der Waals surface area contributed by atoms with Crippen molar-refractivity contribution < 1.29 is 0 Å². The number of rotatable bonds is 3. The molecule has 6 nitrogen and oxygen atoms in total. The summed E-state index contributed by atoms with van der Waals surface area (Å²) in [4.78, 5) is 13.7. The van der Waals surface area contributed by atoms with Crippen molar-refractivity contribution in [3.63, 3.8) is 0 Å². The van der Waals surface area contributed by atoms with Gasteiger partial charge in [-0.05, 0) is 60.8 Å². The lowest BCUT2D eigenvalue weighted by atomic mass is 9.98. The molecule has 38 heavy (non-hydrogen) atoms. The van der Waals surface area contributed by atoms with E-state index in [0.717, 1.165) is 39.8 Å². The largest absolute Gasteiger partial charge is 0.337 e. The average Bonchev–Trinajstić information content (AvgIpc) is 3.59. The molecule has 0 saturated heterocycles. The maximum absolute atomic E-state index is 6.34. The van der Waals surface area contributed by atoms with E-state index in [0.29, 0.717) is 21.7 Å². The van der Waals surface area contributed by atoms with Crippen LogP contribution >= 0.6 is 34.5 Å². The third kappa shape index (κ3) is 3.74. The molecule has 0 unspecified atom stereocenters. The fraction of sp³-hybridized carbons (Fsp3) is 0.0690. The summed E-state index contributed by atoms with van der Waals surface area (Å²) in [6.45, 7) is 2.05. The number of hydrogen-bond acceptors (Lipinski definition) is 6. The molecule has 4 heterocycles. The van der Waals surface area contributed by atoms with Gasteiger partial charge in [-0.25, -0.2) is 14.7 Å². The van der Waals surface area contributed by atoms with Gasteiger partial charge in [-0.15, -0.1) is 11.3 Å². The molecule has 2 aliphatic heterocycles. The van der Waals surface area contributed by atoms with E-state index < -0.39 is 0 Å². The van der Waals surface area contributed by atoms with Gasteiger partial charge in [-0.1, -0.05) is 59.6 Å². The summed E-state index contributed by atoms with van der Waals surface area (Å²) < 4.78 is 1.92. The highest BCUT2D eigenvalue weighted by Gasteiger charge is 2.41. The van der Waals surface area contributed by atoms with Gasteiger partial charge < -0.3 is 10.2 Å². The molecule has 0 aliphatic carbocycles. The fourth-order valence-electron chi connectivity index (χ4n) is 4.97. The summed E-state index contributed by atoms with van der Waals surface area (Å²) in [5.41, 5.74) is 5.57. The normalized spacial score (nSPS) is 15.8. The highest BCUT2D eigenvalue weighted by molar-refractivity contribution is 7.10. The second-order valence-corrected chi connectivity index (χ2v) is 10.8. The first-order chi connectivity index (χ1) is 18.6. The number of fused-ring (bicyclic) bond motifs is 4. The van der Waals surface area contributed by atoms with Crippen molar-refractivity contribution in [2.45, 2.75) is 13.0 Å². The first kappa shape index (κ1) is 23.2. The number of hydrogen-bond donors (Lipinski definition) is 1. The van der Waals surface area contributed by atoms with Crippen LogP contribution in [0.1, 0.15) is 22.2 Å². The predicted molar refractivity (Wildman–Crippen MR) is 158 cm³/mol. The summed E-state index contributed by atoms with van der Waals surface area (Å²) in [5.74, 6) is 2.12. The highest BCUT2D eigenvalue weighted by atomic mass is 35.5. The summed E-state index contributed by atoms with van der Waals surface area (Å²) >= 11 is 14.2. The highest BCUT2D eigenvalue weighted by Crippen LogP contribution is 2.49. The molecule has 186 valence electrons. The number of nitrogens with one attached hydrogen (secondary N) is 1. The standard InChI is InChI=1S/C29H20Cl2N6S/c1-17-25-26(24-12-7-15-38-24)36-23-11-6-5-10-22(23)33-27(32-18-13-14-20(30)21(31)16-18)29(36)34-28(25)37(35-17)19-8-3-2-4-9-19/h2-16,26H,1H3,(H,32,33)/t26-/m0/s1. The number of aromatic nitrogens is 2. The molecule has 2 aliphatic rings. The third-order valence-electron chi connectivity index (χ3n) is 6.63. The molecule has 0 bridgehead atoms.